The van der Waals surface area contributed by atoms with Crippen molar-refractivity contribution in [1.29, 1.82) is 0 Å². The van der Waals surface area contributed by atoms with Crippen LogP contribution < -0.4 is 0 Å². The lowest BCUT2D eigenvalue weighted by atomic mass is 9.56. The third-order valence-corrected chi connectivity index (χ3v) is 5.84. The van der Waals surface area contributed by atoms with Crippen LogP contribution in [0.25, 0.3) is 0 Å². The Labute approximate surface area is 154 Å². The monoisotopic (exact) mass is 350 g/mol. The molecule has 0 amide bonds. The van der Waals surface area contributed by atoms with Crippen LogP contribution in [0.5, 0.6) is 0 Å². The normalized spacial score (nSPS) is 23.0. The maximum Gasteiger partial charge on any atom is 0.188 e. The van der Waals surface area contributed by atoms with Crippen LogP contribution >= 0.6 is 0 Å². The molecule has 144 valence electrons. The first-order chi connectivity index (χ1) is 11.9. The summed E-state index contributed by atoms with van der Waals surface area (Å²) < 4.78 is 0. The molecular formula is C22H38O3. The summed E-state index contributed by atoms with van der Waals surface area (Å²) in [7, 11) is 0. The van der Waals surface area contributed by atoms with Gasteiger partial charge in [0.15, 0.2) is 11.6 Å². The van der Waals surface area contributed by atoms with E-state index >= 15 is 0 Å². The topological polar surface area (TPSA) is 54.4 Å². The smallest absolute Gasteiger partial charge is 0.188 e. The van der Waals surface area contributed by atoms with Crippen LogP contribution in [0.1, 0.15) is 105 Å². The highest BCUT2D eigenvalue weighted by molar-refractivity contribution is 6.15. The largest absolute Gasteiger partial charge is 0.381 e. The number of carbonyl (C=O) groups is 2. The van der Waals surface area contributed by atoms with Gasteiger partial charge >= 0.3 is 0 Å². The van der Waals surface area contributed by atoms with Gasteiger partial charge in [-0.2, -0.15) is 0 Å². The summed E-state index contributed by atoms with van der Waals surface area (Å²) in [6, 6.07) is 0. The minimum absolute atomic E-state index is 0.0565. The van der Waals surface area contributed by atoms with E-state index < -0.39 is 11.0 Å². The average molecular weight is 351 g/mol. The number of aliphatic hydroxyl groups is 1. The lowest BCUT2D eigenvalue weighted by Gasteiger charge is -2.48. The average Bonchev–Trinajstić information content (AvgIpc) is 2.61. The zero-order chi connectivity index (χ0) is 18.9. The standard InChI is InChI=1S/C22H38O3/c1-5-9-13-18-17-19(23)22(25,16-12-8-4)21(20(18)24,14-10-6-2)15-11-7-3/h17,25H,5-16H2,1-4H3. The highest BCUT2D eigenvalue weighted by Gasteiger charge is 2.60. The maximum atomic E-state index is 13.5. The summed E-state index contributed by atoms with van der Waals surface area (Å²) in [5.41, 5.74) is -1.77. The molecule has 1 atom stereocenters. The SMILES string of the molecule is CCCCC1=CC(=O)C(O)(CCCC)C(CCCC)(CCCC)C1=O. The highest BCUT2D eigenvalue weighted by atomic mass is 16.3. The fourth-order valence-corrected chi connectivity index (χ4v) is 4.14. The molecular weight excluding hydrogens is 312 g/mol. The fraction of sp³-hybridized carbons (Fsp3) is 0.818. The second-order valence-corrected chi connectivity index (χ2v) is 7.72. The molecule has 0 spiro atoms. The van der Waals surface area contributed by atoms with Crippen LogP contribution in [0.3, 0.4) is 0 Å². The molecule has 3 nitrogen and oxygen atoms in total. The summed E-state index contributed by atoms with van der Waals surface area (Å²) in [5, 5.41) is 11.5. The molecule has 1 unspecified atom stereocenters. The molecule has 0 aromatic carbocycles. The minimum atomic E-state index is -1.51. The van der Waals surface area contributed by atoms with E-state index in [1.807, 2.05) is 0 Å². The second-order valence-electron chi connectivity index (χ2n) is 7.72. The quantitative estimate of drug-likeness (QED) is 0.502. The van der Waals surface area contributed by atoms with Crippen molar-refractivity contribution in [3.05, 3.63) is 11.6 Å². The predicted octanol–water partition coefficient (Wildman–Crippen LogP) is 5.54. The van der Waals surface area contributed by atoms with E-state index in [-0.39, 0.29) is 11.6 Å². The summed E-state index contributed by atoms with van der Waals surface area (Å²) in [5.74, 6) is -0.167. The van der Waals surface area contributed by atoms with Crippen LogP contribution in [0.2, 0.25) is 0 Å². The number of carbonyl (C=O) groups excluding carboxylic acids is 2. The van der Waals surface area contributed by atoms with Gasteiger partial charge in [-0.3, -0.25) is 9.59 Å². The Morgan fingerprint density at radius 3 is 1.76 bits per heavy atom. The molecule has 0 radical (unpaired) electrons. The first-order valence-corrected chi connectivity index (χ1v) is 10.5. The van der Waals surface area contributed by atoms with Crippen LogP contribution in [-0.2, 0) is 9.59 Å². The summed E-state index contributed by atoms with van der Waals surface area (Å²) in [6.07, 6.45) is 11.0. The summed E-state index contributed by atoms with van der Waals surface area (Å²) >= 11 is 0. The van der Waals surface area contributed by atoms with E-state index in [9.17, 15) is 14.7 Å². The van der Waals surface area contributed by atoms with Crippen molar-refractivity contribution in [2.75, 3.05) is 0 Å². The third-order valence-electron chi connectivity index (χ3n) is 5.84. The van der Waals surface area contributed by atoms with E-state index in [0.717, 1.165) is 51.4 Å². The molecule has 0 saturated carbocycles. The Hall–Kier alpha value is -0.960. The van der Waals surface area contributed by atoms with Crippen molar-refractivity contribution < 1.29 is 14.7 Å². The molecule has 0 aliphatic heterocycles. The summed E-state index contributed by atoms with van der Waals surface area (Å²) in [6.45, 7) is 8.35. The van der Waals surface area contributed by atoms with E-state index in [2.05, 4.69) is 27.7 Å². The Morgan fingerprint density at radius 2 is 1.28 bits per heavy atom. The number of Topliss-reactive ketones (excluding diaryl/α,β-unsaturated/α-hetero) is 1. The number of unbranched alkanes of at least 4 members (excludes halogenated alkanes) is 4. The molecule has 1 aliphatic rings. The molecule has 0 bridgehead atoms. The van der Waals surface area contributed by atoms with Crippen molar-refractivity contribution in [3.8, 4) is 0 Å². The van der Waals surface area contributed by atoms with Gasteiger partial charge in [0.1, 0.15) is 5.60 Å². The van der Waals surface area contributed by atoms with Gasteiger partial charge in [0.25, 0.3) is 0 Å². The number of ketones is 2. The van der Waals surface area contributed by atoms with Crippen LogP contribution in [-0.4, -0.2) is 22.3 Å². The van der Waals surface area contributed by atoms with Crippen molar-refractivity contribution >= 4 is 11.6 Å². The molecule has 1 rings (SSSR count). The molecule has 3 heteroatoms. The summed E-state index contributed by atoms with van der Waals surface area (Å²) in [4.78, 5) is 26.5. The Bertz CT molecular complexity index is 470. The van der Waals surface area contributed by atoms with Crippen molar-refractivity contribution in [2.45, 2.75) is 110 Å². The lowest BCUT2D eigenvalue weighted by Crippen LogP contribution is -2.60. The Kier molecular flexibility index (Phi) is 9.06. The lowest BCUT2D eigenvalue weighted by molar-refractivity contribution is -0.166. The van der Waals surface area contributed by atoms with Crippen molar-refractivity contribution in [3.63, 3.8) is 0 Å². The second kappa shape index (κ2) is 10.3. The Balaban J connectivity index is 3.38. The van der Waals surface area contributed by atoms with Gasteiger partial charge in [0.2, 0.25) is 0 Å². The van der Waals surface area contributed by atoms with Gasteiger partial charge < -0.3 is 5.11 Å². The van der Waals surface area contributed by atoms with Gasteiger partial charge in [-0.15, -0.1) is 0 Å². The molecule has 0 fully saturated rings. The molecule has 1 aliphatic carbocycles. The zero-order valence-corrected chi connectivity index (χ0v) is 16.8. The van der Waals surface area contributed by atoms with Crippen molar-refractivity contribution in [2.24, 2.45) is 5.41 Å². The van der Waals surface area contributed by atoms with Gasteiger partial charge in [0, 0.05) is 0 Å². The molecule has 0 aromatic heterocycles. The van der Waals surface area contributed by atoms with Gasteiger partial charge in [-0.1, -0.05) is 72.6 Å². The van der Waals surface area contributed by atoms with E-state index in [1.54, 1.807) is 0 Å². The van der Waals surface area contributed by atoms with Gasteiger partial charge in [-0.25, -0.2) is 0 Å². The maximum absolute atomic E-state index is 13.5. The first-order valence-electron chi connectivity index (χ1n) is 10.5. The molecule has 25 heavy (non-hydrogen) atoms. The van der Waals surface area contributed by atoms with Gasteiger partial charge in [0.05, 0.1) is 5.41 Å². The molecule has 0 heterocycles. The van der Waals surface area contributed by atoms with E-state index in [0.29, 0.717) is 31.3 Å². The van der Waals surface area contributed by atoms with Crippen molar-refractivity contribution in [1.82, 2.24) is 0 Å². The van der Waals surface area contributed by atoms with Gasteiger partial charge in [-0.05, 0) is 43.8 Å². The highest BCUT2D eigenvalue weighted by Crippen LogP contribution is 2.50. The fourth-order valence-electron chi connectivity index (χ4n) is 4.14. The number of allylic oxidation sites excluding steroid dienone is 1. The number of rotatable bonds is 12. The number of hydrogen-bond donors (Lipinski definition) is 1. The third kappa shape index (κ3) is 4.61. The van der Waals surface area contributed by atoms with E-state index in [1.165, 1.54) is 6.08 Å². The number of hydrogen-bond acceptors (Lipinski definition) is 3. The van der Waals surface area contributed by atoms with Crippen LogP contribution in [0, 0.1) is 5.41 Å². The predicted molar refractivity (Wildman–Crippen MR) is 104 cm³/mol. The molecule has 1 N–H and O–H groups in total. The van der Waals surface area contributed by atoms with Crippen LogP contribution in [0.15, 0.2) is 11.6 Å². The van der Waals surface area contributed by atoms with E-state index in [4.69, 9.17) is 0 Å². The zero-order valence-electron chi connectivity index (χ0n) is 16.8. The first kappa shape index (κ1) is 22.1. The molecule has 0 aromatic rings. The van der Waals surface area contributed by atoms with Crippen LogP contribution in [0.4, 0.5) is 0 Å². The molecule has 0 saturated heterocycles. The Morgan fingerprint density at radius 1 is 0.800 bits per heavy atom. The minimum Gasteiger partial charge on any atom is -0.381 e.